The quantitative estimate of drug-likeness (QED) is 0.910. The molecule has 2 unspecified atom stereocenters. The maximum absolute atomic E-state index is 5.69. The highest BCUT2D eigenvalue weighted by molar-refractivity contribution is 5.46. The number of nitrogens with zero attached hydrogens (tertiary/aromatic N) is 3. The smallest absolute Gasteiger partial charge is 0.218 e. The lowest BCUT2D eigenvalue weighted by Crippen LogP contribution is -2.45. The van der Waals surface area contributed by atoms with Crippen LogP contribution in [0.5, 0.6) is 5.88 Å². The summed E-state index contributed by atoms with van der Waals surface area (Å²) in [5.74, 6) is 3.05. The molecule has 0 aliphatic carbocycles. The van der Waals surface area contributed by atoms with Gasteiger partial charge in [0.05, 0.1) is 6.10 Å². The van der Waals surface area contributed by atoms with E-state index in [1.54, 1.807) is 6.33 Å². The van der Waals surface area contributed by atoms with Gasteiger partial charge in [-0.05, 0) is 39.5 Å². The van der Waals surface area contributed by atoms with Crippen molar-refractivity contribution in [1.82, 2.24) is 15.3 Å². The predicted molar refractivity (Wildman–Crippen MR) is 79.1 cm³/mol. The Bertz CT molecular complexity index is 489. The molecule has 2 aliphatic heterocycles. The molecule has 2 aliphatic rings. The Morgan fingerprint density at radius 1 is 1.35 bits per heavy atom. The van der Waals surface area contributed by atoms with Crippen LogP contribution in [0.15, 0.2) is 12.4 Å². The normalized spacial score (nSPS) is 27.9. The van der Waals surface area contributed by atoms with Crippen molar-refractivity contribution < 1.29 is 4.74 Å². The molecule has 20 heavy (non-hydrogen) atoms. The number of hydrogen-bond acceptors (Lipinski definition) is 5. The molecule has 2 atom stereocenters. The van der Waals surface area contributed by atoms with E-state index in [1.165, 1.54) is 0 Å². The van der Waals surface area contributed by atoms with E-state index in [9.17, 15) is 0 Å². The fraction of sp³-hybridized carbons (Fsp3) is 0.733. The zero-order valence-corrected chi connectivity index (χ0v) is 12.8. The molecule has 0 radical (unpaired) electrons. The van der Waals surface area contributed by atoms with Crippen LogP contribution in [0.4, 0.5) is 5.82 Å². The number of rotatable bonds is 3. The lowest BCUT2D eigenvalue weighted by Gasteiger charge is -2.36. The van der Waals surface area contributed by atoms with Crippen molar-refractivity contribution >= 4 is 5.82 Å². The van der Waals surface area contributed by atoms with E-state index in [0.717, 1.165) is 31.4 Å². The Balaban J connectivity index is 1.86. The fourth-order valence-corrected chi connectivity index (χ4v) is 3.59. The average molecular weight is 276 g/mol. The molecular weight excluding hydrogens is 252 g/mol. The van der Waals surface area contributed by atoms with Crippen LogP contribution < -0.4 is 15.0 Å². The minimum absolute atomic E-state index is 0.123. The zero-order chi connectivity index (χ0) is 14.3. The van der Waals surface area contributed by atoms with Crippen molar-refractivity contribution in [2.45, 2.75) is 39.3 Å². The highest BCUT2D eigenvalue weighted by atomic mass is 16.5. The van der Waals surface area contributed by atoms with Crippen LogP contribution in [0.1, 0.15) is 27.7 Å². The van der Waals surface area contributed by atoms with Gasteiger partial charge >= 0.3 is 0 Å². The van der Waals surface area contributed by atoms with Crippen molar-refractivity contribution in [3.8, 4) is 5.88 Å². The van der Waals surface area contributed by atoms with Crippen molar-refractivity contribution in [2.24, 2.45) is 11.8 Å². The lowest BCUT2D eigenvalue weighted by atomic mass is 9.85. The Hall–Kier alpha value is -1.36. The van der Waals surface area contributed by atoms with Gasteiger partial charge in [-0.3, -0.25) is 0 Å². The third kappa shape index (κ3) is 2.24. The van der Waals surface area contributed by atoms with Gasteiger partial charge in [-0.15, -0.1) is 0 Å². The van der Waals surface area contributed by atoms with Gasteiger partial charge in [-0.2, -0.15) is 0 Å². The summed E-state index contributed by atoms with van der Waals surface area (Å²) in [5, 5.41) is 3.51. The molecule has 1 N–H and O–H groups in total. The van der Waals surface area contributed by atoms with Crippen molar-refractivity contribution in [2.75, 3.05) is 24.5 Å². The average Bonchev–Trinajstić information content (AvgIpc) is 2.91. The third-order valence-corrected chi connectivity index (χ3v) is 4.62. The number of nitrogens with one attached hydrogen (secondary N) is 1. The van der Waals surface area contributed by atoms with Gasteiger partial charge < -0.3 is 15.0 Å². The first-order chi connectivity index (χ1) is 9.48. The lowest BCUT2D eigenvalue weighted by molar-refractivity contribution is 0.232. The molecule has 2 fully saturated rings. The van der Waals surface area contributed by atoms with Gasteiger partial charge in [0.1, 0.15) is 12.1 Å². The van der Waals surface area contributed by atoms with Crippen LogP contribution in [-0.2, 0) is 0 Å². The minimum atomic E-state index is 0.123. The second kappa shape index (κ2) is 4.88. The van der Waals surface area contributed by atoms with Crippen molar-refractivity contribution in [3.63, 3.8) is 0 Å². The molecular formula is C15H24N4O. The fourth-order valence-electron chi connectivity index (χ4n) is 3.59. The molecule has 0 aromatic carbocycles. The summed E-state index contributed by atoms with van der Waals surface area (Å²) < 4.78 is 5.69. The second-order valence-electron chi connectivity index (χ2n) is 6.67. The van der Waals surface area contributed by atoms with Crippen LogP contribution in [0.3, 0.4) is 0 Å². The molecule has 5 heteroatoms. The summed E-state index contributed by atoms with van der Waals surface area (Å²) in [5.41, 5.74) is 0.123. The molecule has 1 aromatic rings. The molecule has 5 nitrogen and oxygen atoms in total. The SMILES string of the molecule is CC(C)Oc1cc(N2CC3CNCC3C2(C)C)ncn1. The molecule has 2 saturated heterocycles. The summed E-state index contributed by atoms with van der Waals surface area (Å²) in [6.07, 6.45) is 1.74. The highest BCUT2D eigenvalue weighted by Crippen LogP contribution is 2.42. The Morgan fingerprint density at radius 2 is 2.15 bits per heavy atom. The number of hydrogen-bond donors (Lipinski definition) is 1. The first-order valence-electron chi connectivity index (χ1n) is 7.45. The molecule has 0 spiro atoms. The van der Waals surface area contributed by atoms with Gasteiger partial charge in [-0.1, -0.05) is 0 Å². The Morgan fingerprint density at radius 3 is 2.85 bits per heavy atom. The van der Waals surface area contributed by atoms with Gasteiger partial charge in [0.15, 0.2) is 0 Å². The van der Waals surface area contributed by atoms with Gasteiger partial charge in [-0.25, -0.2) is 9.97 Å². The molecule has 0 bridgehead atoms. The van der Waals surface area contributed by atoms with E-state index >= 15 is 0 Å². The number of fused-ring (bicyclic) bond motifs is 1. The third-order valence-electron chi connectivity index (χ3n) is 4.62. The summed E-state index contributed by atoms with van der Waals surface area (Å²) in [6, 6.07) is 1.97. The van der Waals surface area contributed by atoms with Gasteiger partial charge in [0.25, 0.3) is 0 Å². The van der Waals surface area contributed by atoms with Crippen LogP contribution in [-0.4, -0.2) is 41.2 Å². The van der Waals surface area contributed by atoms with E-state index in [2.05, 4.69) is 34.0 Å². The first kappa shape index (κ1) is 13.6. The van der Waals surface area contributed by atoms with Gasteiger partial charge in [0.2, 0.25) is 5.88 Å². The van der Waals surface area contributed by atoms with Crippen LogP contribution in [0.2, 0.25) is 0 Å². The molecule has 1 aromatic heterocycles. The van der Waals surface area contributed by atoms with E-state index in [4.69, 9.17) is 4.74 Å². The highest BCUT2D eigenvalue weighted by Gasteiger charge is 2.50. The summed E-state index contributed by atoms with van der Waals surface area (Å²) >= 11 is 0. The predicted octanol–water partition coefficient (Wildman–Crippen LogP) is 1.70. The minimum Gasteiger partial charge on any atom is -0.475 e. The Labute approximate surface area is 120 Å². The summed E-state index contributed by atoms with van der Waals surface area (Å²) in [4.78, 5) is 11.1. The van der Waals surface area contributed by atoms with Gasteiger partial charge in [0, 0.05) is 31.2 Å². The maximum atomic E-state index is 5.69. The van der Waals surface area contributed by atoms with Crippen molar-refractivity contribution in [3.05, 3.63) is 12.4 Å². The second-order valence-corrected chi connectivity index (χ2v) is 6.67. The first-order valence-corrected chi connectivity index (χ1v) is 7.45. The number of aromatic nitrogens is 2. The largest absolute Gasteiger partial charge is 0.475 e. The summed E-state index contributed by atoms with van der Waals surface area (Å²) in [7, 11) is 0. The van der Waals surface area contributed by atoms with Crippen LogP contribution in [0, 0.1) is 11.8 Å². The molecule has 3 rings (SSSR count). The topological polar surface area (TPSA) is 50.3 Å². The Kier molecular flexibility index (Phi) is 3.32. The van der Waals surface area contributed by atoms with E-state index in [-0.39, 0.29) is 11.6 Å². The van der Waals surface area contributed by atoms with E-state index in [0.29, 0.717) is 11.8 Å². The molecule has 110 valence electrons. The van der Waals surface area contributed by atoms with E-state index in [1.807, 2.05) is 19.9 Å². The molecule has 0 amide bonds. The number of anilines is 1. The van der Waals surface area contributed by atoms with Crippen LogP contribution >= 0.6 is 0 Å². The molecule has 3 heterocycles. The molecule has 0 saturated carbocycles. The number of ether oxygens (including phenoxy) is 1. The standard InChI is InChI=1S/C15H24N4O/c1-10(2)20-14-5-13(17-9-18-14)19-8-11-6-16-7-12(11)15(19,3)4/h5,9-12,16H,6-8H2,1-4H3. The summed E-state index contributed by atoms with van der Waals surface area (Å²) in [6.45, 7) is 11.9. The zero-order valence-electron chi connectivity index (χ0n) is 12.8. The van der Waals surface area contributed by atoms with Crippen molar-refractivity contribution in [1.29, 1.82) is 0 Å². The van der Waals surface area contributed by atoms with E-state index < -0.39 is 0 Å². The van der Waals surface area contributed by atoms with Crippen LogP contribution in [0.25, 0.3) is 0 Å². The maximum Gasteiger partial charge on any atom is 0.218 e. The monoisotopic (exact) mass is 276 g/mol.